The molecule has 1 aromatic heterocycles. The third kappa shape index (κ3) is 3.53. The molecule has 1 aromatic rings. The van der Waals surface area contributed by atoms with Crippen LogP contribution in [-0.2, 0) is 16.0 Å². The minimum atomic E-state index is 0.105. The topological polar surface area (TPSA) is 53.5 Å². The van der Waals surface area contributed by atoms with Gasteiger partial charge >= 0.3 is 0 Å². The quantitative estimate of drug-likeness (QED) is 0.833. The summed E-state index contributed by atoms with van der Waals surface area (Å²) in [4.78, 5) is 31.6. The summed E-state index contributed by atoms with van der Waals surface area (Å²) in [7, 11) is 0. The number of nitrogens with zero attached hydrogens (tertiary/aromatic N) is 3. The first-order valence-corrected chi connectivity index (χ1v) is 7.44. The SMILES string of the molecule is CCC(=O)N1CCN(C(=O)Cc2csc(C)n2)CC1. The Morgan fingerprint density at radius 2 is 1.79 bits per heavy atom. The smallest absolute Gasteiger partial charge is 0.228 e. The van der Waals surface area contributed by atoms with Crippen molar-refractivity contribution in [2.45, 2.75) is 26.7 Å². The van der Waals surface area contributed by atoms with Gasteiger partial charge in [-0.15, -0.1) is 11.3 Å². The van der Waals surface area contributed by atoms with Crippen LogP contribution in [-0.4, -0.2) is 52.8 Å². The predicted octanol–water partition coefficient (Wildman–Crippen LogP) is 1.07. The second-order valence-electron chi connectivity index (χ2n) is 4.65. The van der Waals surface area contributed by atoms with E-state index < -0.39 is 0 Å². The first kappa shape index (κ1) is 14.0. The van der Waals surface area contributed by atoms with Crippen molar-refractivity contribution in [2.24, 2.45) is 0 Å². The van der Waals surface area contributed by atoms with Gasteiger partial charge in [0.05, 0.1) is 17.1 Å². The fourth-order valence-electron chi connectivity index (χ4n) is 2.19. The lowest BCUT2D eigenvalue weighted by Gasteiger charge is -2.34. The monoisotopic (exact) mass is 281 g/mol. The van der Waals surface area contributed by atoms with Crippen molar-refractivity contribution in [3.05, 3.63) is 16.1 Å². The van der Waals surface area contributed by atoms with Crippen molar-refractivity contribution in [1.82, 2.24) is 14.8 Å². The lowest BCUT2D eigenvalue weighted by atomic mass is 10.2. The molecule has 0 spiro atoms. The number of aryl methyl sites for hydroxylation is 1. The first-order chi connectivity index (χ1) is 9.10. The third-order valence-electron chi connectivity index (χ3n) is 3.29. The maximum absolute atomic E-state index is 12.1. The summed E-state index contributed by atoms with van der Waals surface area (Å²) in [6.45, 7) is 6.36. The van der Waals surface area contributed by atoms with E-state index in [-0.39, 0.29) is 11.8 Å². The highest BCUT2D eigenvalue weighted by atomic mass is 32.1. The van der Waals surface area contributed by atoms with E-state index in [4.69, 9.17) is 0 Å². The number of aromatic nitrogens is 1. The van der Waals surface area contributed by atoms with Crippen molar-refractivity contribution in [2.75, 3.05) is 26.2 Å². The van der Waals surface area contributed by atoms with Crippen molar-refractivity contribution < 1.29 is 9.59 Å². The predicted molar refractivity (Wildman–Crippen MR) is 74.0 cm³/mol. The highest BCUT2D eigenvalue weighted by Gasteiger charge is 2.23. The molecule has 1 fully saturated rings. The Balaban J connectivity index is 1.84. The molecule has 0 radical (unpaired) electrons. The molecule has 6 heteroatoms. The molecule has 1 aliphatic rings. The Hall–Kier alpha value is -1.43. The van der Waals surface area contributed by atoms with Crippen molar-refractivity contribution in [3.63, 3.8) is 0 Å². The van der Waals surface area contributed by atoms with E-state index in [0.29, 0.717) is 39.0 Å². The summed E-state index contributed by atoms with van der Waals surface area (Å²) in [5, 5.41) is 2.92. The van der Waals surface area contributed by atoms with Gasteiger partial charge in [-0.2, -0.15) is 0 Å². The number of thiazole rings is 1. The Morgan fingerprint density at radius 1 is 1.21 bits per heavy atom. The van der Waals surface area contributed by atoms with Crippen LogP contribution in [0.1, 0.15) is 24.0 Å². The zero-order valence-electron chi connectivity index (χ0n) is 11.4. The summed E-state index contributed by atoms with van der Waals surface area (Å²) in [5.41, 5.74) is 0.847. The van der Waals surface area contributed by atoms with E-state index in [0.717, 1.165) is 10.7 Å². The standard InChI is InChI=1S/C13H19N3O2S/c1-3-12(17)15-4-6-16(7-5-15)13(18)8-11-9-19-10(2)14-11/h9H,3-8H2,1-2H3. The second-order valence-corrected chi connectivity index (χ2v) is 5.71. The summed E-state index contributed by atoms with van der Waals surface area (Å²) in [6, 6.07) is 0. The molecule has 0 N–H and O–H groups in total. The Bertz CT molecular complexity index is 464. The van der Waals surface area contributed by atoms with Gasteiger partial charge in [0.15, 0.2) is 0 Å². The van der Waals surface area contributed by atoms with E-state index in [1.807, 2.05) is 29.0 Å². The molecule has 0 saturated carbocycles. The van der Waals surface area contributed by atoms with Crippen LogP contribution in [0, 0.1) is 6.92 Å². The molecule has 1 saturated heterocycles. The maximum Gasteiger partial charge on any atom is 0.228 e. The van der Waals surface area contributed by atoms with E-state index in [2.05, 4.69) is 4.98 Å². The number of carbonyl (C=O) groups excluding carboxylic acids is 2. The molecule has 5 nitrogen and oxygen atoms in total. The normalized spacial score (nSPS) is 15.7. The van der Waals surface area contributed by atoms with Gasteiger partial charge in [-0.1, -0.05) is 6.92 Å². The highest BCUT2D eigenvalue weighted by molar-refractivity contribution is 7.09. The van der Waals surface area contributed by atoms with Crippen LogP contribution in [0.15, 0.2) is 5.38 Å². The average Bonchev–Trinajstić information content (AvgIpc) is 2.83. The zero-order valence-corrected chi connectivity index (χ0v) is 12.2. The number of hydrogen-bond donors (Lipinski definition) is 0. The molecule has 19 heavy (non-hydrogen) atoms. The summed E-state index contributed by atoms with van der Waals surface area (Å²) in [5.74, 6) is 0.274. The molecule has 1 aliphatic heterocycles. The molecule has 104 valence electrons. The number of hydrogen-bond acceptors (Lipinski definition) is 4. The Labute approximate surface area is 117 Å². The van der Waals surface area contributed by atoms with Gasteiger partial charge in [-0.05, 0) is 6.92 Å². The number of carbonyl (C=O) groups is 2. The zero-order chi connectivity index (χ0) is 13.8. The third-order valence-corrected chi connectivity index (χ3v) is 4.11. The first-order valence-electron chi connectivity index (χ1n) is 6.56. The van der Waals surface area contributed by atoms with Gasteiger partial charge < -0.3 is 9.80 Å². The molecule has 2 amide bonds. The van der Waals surface area contributed by atoms with Gasteiger partial charge in [0.1, 0.15) is 0 Å². The minimum absolute atomic E-state index is 0.105. The molecular formula is C13H19N3O2S. The van der Waals surface area contributed by atoms with Gasteiger partial charge in [-0.25, -0.2) is 4.98 Å². The van der Waals surface area contributed by atoms with Gasteiger partial charge in [0, 0.05) is 38.0 Å². The Morgan fingerprint density at radius 3 is 2.26 bits per heavy atom. The van der Waals surface area contributed by atoms with E-state index in [1.54, 1.807) is 11.3 Å². The lowest BCUT2D eigenvalue weighted by molar-refractivity contribution is -0.139. The van der Waals surface area contributed by atoms with Crippen LogP contribution in [0.4, 0.5) is 0 Å². The molecule has 2 heterocycles. The molecule has 0 aromatic carbocycles. The van der Waals surface area contributed by atoms with Crippen LogP contribution in [0.5, 0.6) is 0 Å². The van der Waals surface area contributed by atoms with Gasteiger partial charge in [0.2, 0.25) is 11.8 Å². The largest absolute Gasteiger partial charge is 0.339 e. The van der Waals surface area contributed by atoms with Crippen molar-refractivity contribution in [1.29, 1.82) is 0 Å². The average molecular weight is 281 g/mol. The fourth-order valence-corrected chi connectivity index (χ4v) is 2.80. The molecular weight excluding hydrogens is 262 g/mol. The van der Waals surface area contributed by atoms with Crippen LogP contribution in [0.2, 0.25) is 0 Å². The molecule has 0 aliphatic carbocycles. The molecule has 0 unspecified atom stereocenters. The molecule has 2 rings (SSSR count). The lowest BCUT2D eigenvalue weighted by Crippen LogP contribution is -2.50. The molecule has 0 atom stereocenters. The van der Waals surface area contributed by atoms with Crippen LogP contribution < -0.4 is 0 Å². The maximum atomic E-state index is 12.1. The van der Waals surface area contributed by atoms with Gasteiger partial charge in [0.25, 0.3) is 0 Å². The Kier molecular flexibility index (Phi) is 4.52. The van der Waals surface area contributed by atoms with Crippen LogP contribution >= 0.6 is 11.3 Å². The van der Waals surface area contributed by atoms with Crippen molar-refractivity contribution in [3.8, 4) is 0 Å². The summed E-state index contributed by atoms with van der Waals surface area (Å²) >= 11 is 1.57. The van der Waals surface area contributed by atoms with Crippen LogP contribution in [0.25, 0.3) is 0 Å². The highest BCUT2D eigenvalue weighted by Crippen LogP contribution is 2.11. The van der Waals surface area contributed by atoms with Crippen molar-refractivity contribution >= 4 is 23.2 Å². The van der Waals surface area contributed by atoms with Gasteiger partial charge in [-0.3, -0.25) is 9.59 Å². The fraction of sp³-hybridized carbons (Fsp3) is 0.615. The summed E-state index contributed by atoms with van der Waals surface area (Å²) in [6.07, 6.45) is 0.901. The van der Waals surface area contributed by atoms with E-state index in [9.17, 15) is 9.59 Å². The number of piperazine rings is 1. The molecule has 0 bridgehead atoms. The second kappa shape index (κ2) is 6.14. The van der Waals surface area contributed by atoms with E-state index in [1.165, 1.54) is 0 Å². The number of amides is 2. The minimum Gasteiger partial charge on any atom is -0.339 e. The van der Waals surface area contributed by atoms with Crippen LogP contribution in [0.3, 0.4) is 0 Å². The van der Waals surface area contributed by atoms with E-state index >= 15 is 0 Å². The summed E-state index contributed by atoms with van der Waals surface area (Å²) < 4.78 is 0. The number of rotatable bonds is 3.